The number of furan rings is 1. The quantitative estimate of drug-likeness (QED) is 0.627. The molecule has 25 heavy (non-hydrogen) atoms. The number of hydrogen-bond acceptors (Lipinski definition) is 5. The summed E-state index contributed by atoms with van der Waals surface area (Å²) in [7, 11) is -3.73. The van der Waals surface area contributed by atoms with Crippen LogP contribution in [0.25, 0.3) is 11.5 Å². The van der Waals surface area contributed by atoms with Gasteiger partial charge in [-0.05, 0) is 36.6 Å². The summed E-state index contributed by atoms with van der Waals surface area (Å²) in [4.78, 5) is 11.0. The molecule has 1 aromatic carbocycles. The van der Waals surface area contributed by atoms with E-state index in [1.54, 1.807) is 0 Å². The van der Waals surface area contributed by atoms with Crippen LogP contribution in [0.15, 0.2) is 68.9 Å². The number of benzene rings is 1. The van der Waals surface area contributed by atoms with E-state index in [0.717, 1.165) is 12.0 Å². The maximum atomic E-state index is 12.3. The number of hydrogen-bond donors (Lipinski definition) is 2. The van der Waals surface area contributed by atoms with Gasteiger partial charge in [0.05, 0.1) is 0 Å². The highest BCUT2D eigenvalue weighted by atomic mass is 32.2. The predicted molar refractivity (Wildman–Crippen MR) is 92.5 cm³/mol. The summed E-state index contributed by atoms with van der Waals surface area (Å²) in [6.45, 7) is 0.310. The molecule has 0 radical (unpaired) electrons. The molecule has 0 amide bonds. The number of H-pyrrole nitrogens is 1. The van der Waals surface area contributed by atoms with E-state index in [1.165, 1.54) is 24.3 Å². The molecule has 0 fully saturated rings. The molecule has 2 heterocycles. The van der Waals surface area contributed by atoms with Crippen LogP contribution < -0.4 is 10.3 Å². The lowest BCUT2D eigenvalue weighted by Crippen LogP contribution is -2.24. The zero-order valence-corrected chi connectivity index (χ0v) is 14.1. The lowest BCUT2D eigenvalue weighted by molar-refractivity contribution is 0.454. The van der Waals surface area contributed by atoms with Crippen LogP contribution in [0, 0.1) is 0 Å². The van der Waals surface area contributed by atoms with Crippen LogP contribution in [-0.4, -0.2) is 25.2 Å². The molecular formula is C17H17N3O4S. The molecule has 2 N–H and O–H groups in total. The fraction of sp³-hybridized carbons (Fsp3) is 0.176. The van der Waals surface area contributed by atoms with E-state index in [9.17, 15) is 13.2 Å². The second kappa shape index (κ2) is 7.45. The second-order valence-corrected chi connectivity index (χ2v) is 7.11. The van der Waals surface area contributed by atoms with Crippen molar-refractivity contribution in [1.29, 1.82) is 0 Å². The third-order valence-electron chi connectivity index (χ3n) is 3.55. The average Bonchev–Trinajstić information content (AvgIpc) is 3.11. The molecule has 0 saturated carbocycles. The number of nitrogens with zero attached hydrogens (tertiary/aromatic N) is 1. The van der Waals surface area contributed by atoms with Gasteiger partial charge in [-0.2, -0.15) is 5.10 Å². The first-order valence-corrected chi connectivity index (χ1v) is 9.22. The normalized spacial score (nSPS) is 11.5. The molecule has 0 aliphatic carbocycles. The molecule has 3 rings (SSSR count). The first-order chi connectivity index (χ1) is 12.0. The zero-order chi connectivity index (χ0) is 17.7. The Labute approximate surface area is 144 Å². The highest BCUT2D eigenvalue weighted by molar-refractivity contribution is 7.89. The van der Waals surface area contributed by atoms with Gasteiger partial charge in [0.15, 0.2) is 5.76 Å². The van der Waals surface area contributed by atoms with Gasteiger partial charge in [0.1, 0.15) is 5.69 Å². The van der Waals surface area contributed by atoms with Crippen molar-refractivity contribution in [2.24, 2.45) is 0 Å². The Bertz CT molecular complexity index is 973. The van der Waals surface area contributed by atoms with Crippen molar-refractivity contribution in [3.8, 4) is 11.5 Å². The van der Waals surface area contributed by atoms with Crippen molar-refractivity contribution in [1.82, 2.24) is 14.9 Å². The number of aryl methyl sites for hydroxylation is 1. The molecule has 2 aromatic heterocycles. The molecule has 0 aliphatic heterocycles. The van der Waals surface area contributed by atoms with E-state index < -0.39 is 10.0 Å². The van der Waals surface area contributed by atoms with Crippen molar-refractivity contribution in [3.63, 3.8) is 0 Å². The monoisotopic (exact) mass is 359 g/mol. The molecule has 0 atom stereocenters. The van der Waals surface area contributed by atoms with Gasteiger partial charge >= 0.3 is 0 Å². The molecule has 0 spiro atoms. The summed E-state index contributed by atoms with van der Waals surface area (Å²) >= 11 is 0. The van der Waals surface area contributed by atoms with Crippen molar-refractivity contribution >= 4 is 10.0 Å². The molecule has 8 heteroatoms. The van der Waals surface area contributed by atoms with Gasteiger partial charge in [-0.15, -0.1) is 0 Å². The molecule has 0 aliphatic rings. The third-order valence-corrected chi connectivity index (χ3v) is 4.89. The van der Waals surface area contributed by atoms with E-state index in [4.69, 9.17) is 4.42 Å². The fourth-order valence-electron chi connectivity index (χ4n) is 2.30. The van der Waals surface area contributed by atoms with Gasteiger partial charge in [-0.25, -0.2) is 18.2 Å². The fourth-order valence-corrected chi connectivity index (χ4v) is 3.30. The predicted octanol–water partition coefficient (Wildman–Crippen LogP) is 1.94. The molecule has 130 valence electrons. The van der Waals surface area contributed by atoms with E-state index in [1.807, 2.05) is 30.3 Å². The standard InChI is InChI=1S/C17H17N3O4S/c21-16-10-8-14(19-20-16)15-9-11-17(24-15)25(22,23)18-12-4-7-13-5-2-1-3-6-13/h1-3,5-6,8-11,18H,4,7,12H2,(H,20,21). The lowest BCUT2D eigenvalue weighted by atomic mass is 10.1. The summed E-state index contributed by atoms with van der Waals surface area (Å²) in [5.41, 5.74) is 1.17. The Kier molecular flexibility index (Phi) is 5.11. The van der Waals surface area contributed by atoms with Crippen molar-refractivity contribution in [2.45, 2.75) is 17.9 Å². The highest BCUT2D eigenvalue weighted by Gasteiger charge is 2.19. The number of rotatable bonds is 7. The van der Waals surface area contributed by atoms with Gasteiger partial charge in [0.25, 0.3) is 15.6 Å². The van der Waals surface area contributed by atoms with E-state index >= 15 is 0 Å². The first kappa shape index (κ1) is 17.1. The minimum atomic E-state index is -3.73. The molecule has 0 bridgehead atoms. The smallest absolute Gasteiger partial charge is 0.273 e. The Morgan fingerprint density at radius 3 is 2.56 bits per heavy atom. The van der Waals surface area contributed by atoms with Crippen LogP contribution in [0.2, 0.25) is 0 Å². The van der Waals surface area contributed by atoms with Crippen LogP contribution in [0.4, 0.5) is 0 Å². The maximum Gasteiger partial charge on any atom is 0.273 e. The summed E-state index contributed by atoms with van der Waals surface area (Å²) < 4.78 is 32.4. The van der Waals surface area contributed by atoms with Crippen LogP contribution in [0.3, 0.4) is 0 Å². The Balaban J connectivity index is 1.60. The molecule has 0 saturated heterocycles. The molecule has 0 unspecified atom stereocenters. The Morgan fingerprint density at radius 1 is 1.04 bits per heavy atom. The van der Waals surface area contributed by atoms with Gasteiger partial charge in [0, 0.05) is 12.6 Å². The van der Waals surface area contributed by atoms with Crippen LogP contribution in [0.5, 0.6) is 0 Å². The maximum absolute atomic E-state index is 12.3. The lowest BCUT2D eigenvalue weighted by Gasteiger charge is -2.04. The minimum absolute atomic E-state index is 0.185. The largest absolute Gasteiger partial charge is 0.442 e. The SMILES string of the molecule is O=c1ccc(-c2ccc(S(=O)(=O)NCCCc3ccccc3)o2)n[nH]1. The Hall–Kier alpha value is -2.71. The van der Waals surface area contributed by atoms with Crippen LogP contribution in [0.1, 0.15) is 12.0 Å². The van der Waals surface area contributed by atoms with Crippen molar-refractivity contribution in [2.75, 3.05) is 6.54 Å². The van der Waals surface area contributed by atoms with E-state index in [-0.39, 0.29) is 16.4 Å². The Morgan fingerprint density at radius 2 is 1.84 bits per heavy atom. The average molecular weight is 359 g/mol. The third kappa shape index (κ3) is 4.43. The second-order valence-electron chi connectivity index (χ2n) is 5.41. The summed E-state index contributed by atoms with van der Waals surface area (Å²) in [5, 5.41) is 5.89. The van der Waals surface area contributed by atoms with E-state index in [2.05, 4.69) is 14.9 Å². The van der Waals surface area contributed by atoms with E-state index in [0.29, 0.717) is 18.7 Å². The topological polar surface area (TPSA) is 105 Å². The summed E-state index contributed by atoms with van der Waals surface area (Å²) in [6.07, 6.45) is 1.46. The van der Waals surface area contributed by atoms with Gasteiger partial charge < -0.3 is 4.42 Å². The number of sulfonamides is 1. The zero-order valence-electron chi connectivity index (χ0n) is 13.3. The summed E-state index contributed by atoms with van der Waals surface area (Å²) in [6, 6.07) is 15.5. The van der Waals surface area contributed by atoms with Gasteiger partial charge in [-0.1, -0.05) is 30.3 Å². The number of aromatic nitrogens is 2. The molecule has 3 aromatic rings. The number of aromatic amines is 1. The van der Waals surface area contributed by atoms with Crippen LogP contribution in [-0.2, 0) is 16.4 Å². The molecular weight excluding hydrogens is 342 g/mol. The molecule has 7 nitrogen and oxygen atoms in total. The van der Waals surface area contributed by atoms with Crippen molar-refractivity contribution in [3.05, 3.63) is 70.5 Å². The first-order valence-electron chi connectivity index (χ1n) is 7.74. The number of nitrogens with one attached hydrogen (secondary N) is 2. The van der Waals surface area contributed by atoms with Gasteiger partial charge in [-0.3, -0.25) is 4.79 Å². The van der Waals surface area contributed by atoms with Crippen LogP contribution >= 0.6 is 0 Å². The van der Waals surface area contributed by atoms with Crippen molar-refractivity contribution < 1.29 is 12.8 Å². The minimum Gasteiger partial charge on any atom is -0.442 e. The van der Waals surface area contributed by atoms with Gasteiger partial charge in [0.2, 0.25) is 5.09 Å². The highest BCUT2D eigenvalue weighted by Crippen LogP contribution is 2.21. The summed E-state index contributed by atoms with van der Waals surface area (Å²) in [5.74, 6) is 0.265.